The Bertz CT molecular complexity index is 807. The van der Waals surface area contributed by atoms with Crippen LogP contribution in [0.1, 0.15) is 44.0 Å². The van der Waals surface area contributed by atoms with Crippen molar-refractivity contribution < 1.29 is 19.1 Å². The van der Waals surface area contributed by atoms with E-state index < -0.39 is 6.10 Å². The number of hydrogen-bond donors (Lipinski definition) is 2. The van der Waals surface area contributed by atoms with Crippen molar-refractivity contribution in [2.45, 2.75) is 45.8 Å². The summed E-state index contributed by atoms with van der Waals surface area (Å²) in [6.07, 6.45) is 0.567. The van der Waals surface area contributed by atoms with E-state index in [9.17, 15) is 9.59 Å². The summed E-state index contributed by atoms with van der Waals surface area (Å²) in [6, 6.07) is 14.2. The molecule has 2 N–H and O–H groups in total. The molecule has 0 fully saturated rings. The first kappa shape index (κ1) is 21.3. The van der Waals surface area contributed by atoms with Crippen molar-refractivity contribution in [1.29, 1.82) is 0 Å². The second-order valence-electron chi connectivity index (χ2n) is 6.48. The van der Waals surface area contributed by atoms with Gasteiger partial charge in [0.15, 0.2) is 17.6 Å². The van der Waals surface area contributed by atoms with E-state index in [1.54, 1.807) is 43.5 Å². The molecule has 2 aromatic rings. The summed E-state index contributed by atoms with van der Waals surface area (Å²) in [5, 5.41) is 5.75. The monoisotopic (exact) mass is 384 g/mol. The zero-order chi connectivity index (χ0) is 20.5. The van der Waals surface area contributed by atoms with Gasteiger partial charge in [-0.2, -0.15) is 0 Å². The van der Waals surface area contributed by atoms with Gasteiger partial charge in [0.1, 0.15) is 0 Å². The van der Waals surface area contributed by atoms with Crippen LogP contribution in [0.3, 0.4) is 0 Å². The molecule has 2 aromatic carbocycles. The van der Waals surface area contributed by atoms with Crippen molar-refractivity contribution in [3.8, 4) is 11.5 Å². The Balaban J connectivity index is 2.15. The van der Waals surface area contributed by atoms with E-state index in [0.717, 1.165) is 6.42 Å². The van der Waals surface area contributed by atoms with Crippen molar-refractivity contribution in [3.63, 3.8) is 0 Å². The number of hydrogen-bond acceptors (Lipinski definition) is 4. The topological polar surface area (TPSA) is 76.7 Å². The van der Waals surface area contributed by atoms with Gasteiger partial charge < -0.3 is 20.1 Å². The van der Waals surface area contributed by atoms with Gasteiger partial charge in [-0.1, -0.05) is 38.1 Å². The molecule has 0 saturated carbocycles. The second kappa shape index (κ2) is 10.3. The van der Waals surface area contributed by atoms with Gasteiger partial charge >= 0.3 is 0 Å². The Morgan fingerprint density at radius 3 is 2.25 bits per heavy atom. The summed E-state index contributed by atoms with van der Waals surface area (Å²) in [4.78, 5) is 25.3. The van der Waals surface area contributed by atoms with Gasteiger partial charge in [-0.05, 0) is 44.0 Å². The Hall–Kier alpha value is -3.02. The molecular weight excluding hydrogens is 356 g/mol. The molecule has 28 heavy (non-hydrogen) atoms. The largest absolute Gasteiger partial charge is 0.493 e. The Labute approximate surface area is 166 Å². The average Bonchev–Trinajstić information content (AvgIpc) is 2.72. The minimum atomic E-state index is -0.720. The van der Waals surface area contributed by atoms with Crippen LogP contribution in [-0.2, 0) is 4.79 Å². The van der Waals surface area contributed by atoms with Crippen LogP contribution in [0.2, 0.25) is 0 Å². The predicted molar refractivity (Wildman–Crippen MR) is 110 cm³/mol. The molecule has 0 bridgehead atoms. The molecule has 0 aliphatic carbocycles. The van der Waals surface area contributed by atoms with Crippen LogP contribution in [0, 0.1) is 0 Å². The summed E-state index contributed by atoms with van der Waals surface area (Å²) >= 11 is 0. The van der Waals surface area contributed by atoms with Gasteiger partial charge in [0.25, 0.3) is 11.8 Å². The summed E-state index contributed by atoms with van der Waals surface area (Å²) in [7, 11) is 1.55. The van der Waals surface area contributed by atoms with Crippen LogP contribution < -0.4 is 20.1 Å². The van der Waals surface area contributed by atoms with E-state index in [1.165, 1.54) is 0 Å². The average molecular weight is 384 g/mol. The summed E-state index contributed by atoms with van der Waals surface area (Å²) in [5.74, 6) is 0.512. The lowest BCUT2D eigenvalue weighted by molar-refractivity contribution is -0.122. The normalized spacial score (nSPS) is 12.6. The highest BCUT2D eigenvalue weighted by Crippen LogP contribution is 2.27. The van der Waals surface area contributed by atoms with Gasteiger partial charge in [0.2, 0.25) is 0 Å². The van der Waals surface area contributed by atoms with Crippen molar-refractivity contribution >= 4 is 17.5 Å². The summed E-state index contributed by atoms with van der Waals surface area (Å²) < 4.78 is 11.1. The highest BCUT2D eigenvalue weighted by atomic mass is 16.5. The fraction of sp³-hybridized carbons (Fsp3) is 0.364. The molecule has 150 valence electrons. The maximum absolute atomic E-state index is 12.8. The van der Waals surface area contributed by atoms with Gasteiger partial charge in [0, 0.05) is 6.04 Å². The number of nitrogens with one attached hydrogen (secondary N) is 2. The lowest BCUT2D eigenvalue weighted by Crippen LogP contribution is -2.35. The lowest BCUT2D eigenvalue weighted by atomic mass is 10.1. The van der Waals surface area contributed by atoms with Crippen molar-refractivity contribution in [1.82, 2.24) is 5.32 Å². The molecule has 2 amide bonds. The smallest absolute Gasteiger partial charge is 0.265 e. The molecule has 0 aromatic heterocycles. The molecule has 0 radical (unpaired) electrons. The number of carbonyl (C=O) groups is 2. The molecule has 0 unspecified atom stereocenters. The molecule has 0 saturated heterocycles. The number of ether oxygens (including phenoxy) is 2. The van der Waals surface area contributed by atoms with E-state index in [-0.39, 0.29) is 17.9 Å². The fourth-order valence-electron chi connectivity index (χ4n) is 2.60. The SMILES string of the molecule is CC[C@H](Oc1ccccc1OC)C(=O)Nc1ccccc1C(=O)N[C@@H](C)CC. The first-order chi connectivity index (χ1) is 13.5. The zero-order valence-electron chi connectivity index (χ0n) is 16.8. The third kappa shape index (κ3) is 5.49. The molecule has 0 aliphatic heterocycles. The summed E-state index contributed by atoms with van der Waals surface area (Å²) in [5.41, 5.74) is 0.874. The van der Waals surface area contributed by atoms with Gasteiger partial charge in [-0.25, -0.2) is 0 Å². The maximum Gasteiger partial charge on any atom is 0.265 e. The number of para-hydroxylation sites is 3. The third-order valence-corrected chi connectivity index (χ3v) is 4.42. The van der Waals surface area contributed by atoms with Gasteiger partial charge in [-0.15, -0.1) is 0 Å². The first-order valence-electron chi connectivity index (χ1n) is 9.50. The van der Waals surface area contributed by atoms with E-state index in [0.29, 0.717) is 29.2 Å². The van der Waals surface area contributed by atoms with Crippen molar-refractivity contribution in [2.75, 3.05) is 12.4 Å². The first-order valence-corrected chi connectivity index (χ1v) is 9.50. The number of anilines is 1. The van der Waals surface area contributed by atoms with Crippen LogP contribution >= 0.6 is 0 Å². The van der Waals surface area contributed by atoms with E-state index in [2.05, 4.69) is 10.6 Å². The quantitative estimate of drug-likeness (QED) is 0.685. The van der Waals surface area contributed by atoms with E-state index in [4.69, 9.17) is 9.47 Å². The molecule has 6 nitrogen and oxygen atoms in total. The molecule has 0 aliphatic rings. The minimum absolute atomic E-state index is 0.0496. The Morgan fingerprint density at radius 1 is 0.964 bits per heavy atom. The van der Waals surface area contributed by atoms with Crippen LogP contribution in [0.15, 0.2) is 48.5 Å². The minimum Gasteiger partial charge on any atom is -0.493 e. The van der Waals surface area contributed by atoms with E-state index >= 15 is 0 Å². The van der Waals surface area contributed by atoms with E-state index in [1.807, 2.05) is 32.9 Å². The highest BCUT2D eigenvalue weighted by Gasteiger charge is 2.22. The Kier molecular flexibility index (Phi) is 7.87. The van der Waals surface area contributed by atoms with Crippen LogP contribution in [0.25, 0.3) is 0 Å². The van der Waals surface area contributed by atoms with Crippen LogP contribution in [0.4, 0.5) is 5.69 Å². The number of rotatable bonds is 9. The van der Waals surface area contributed by atoms with Crippen LogP contribution in [0.5, 0.6) is 11.5 Å². The molecular formula is C22H28N2O4. The number of benzene rings is 2. The molecule has 0 heterocycles. The molecule has 2 rings (SSSR count). The number of methoxy groups -OCH3 is 1. The third-order valence-electron chi connectivity index (χ3n) is 4.42. The Morgan fingerprint density at radius 2 is 1.61 bits per heavy atom. The molecule has 0 spiro atoms. The zero-order valence-corrected chi connectivity index (χ0v) is 16.8. The van der Waals surface area contributed by atoms with Gasteiger partial charge in [0.05, 0.1) is 18.4 Å². The standard InChI is InChI=1S/C22H28N2O4/c1-5-15(3)23-21(25)16-11-7-8-12-17(16)24-22(26)18(6-2)28-20-14-10-9-13-19(20)27-4/h7-15,18H,5-6H2,1-4H3,(H,23,25)(H,24,26)/t15-,18-/m0/s1. The molecule has 6 heteroatoms. The van der Waals surface area contributed by atoms with Gasteiger partial charge in [-0.3, -0.25) is 9.59 Å². The number of carbonyl (C=O) groups excluding carboxylic acids is 2. The highest BCUT2D eigenvalue weighted by molar-refractivity contribution is 6.04. The predicted octanol–water partition coefficient (Wildman–Crippen LogP) is 4.02. The van der Waals surface area contributed by atoms with Crippen LogP contribution in [-0.4, -0.2) is 31.1 Å². The summed E-state index contributed by atoms with van der Waals surface area (Å²) in [6.45, 7) is 5.80. The number of amides is 2. The van der Waals surface area contributed by atoms with Crippen molar-refractivity contribution in [2.24, 2.45) is 0 Å². The van der Waals surface area contributed by atoms with Crippen molar-refractivity contribution in [3.05, 3.63) is 54.1 Å². The lowest BCUT2D eigenvalue weighted by Gasteiger charge is -2.20. The molecule has 2 atom stereocenters. The fourth-order valence-corrected chi connectivity index (χ4v) is 2.60. The second-order valence-corrected chi connectivity index (χ2v) is 6.48. The maximum atomic E-state index is 12.8.